The van der Waals surface area contributed by atoms with Gasteiger partial charge in [-0.25, -0.2) is 0 Å². The van der Waals surface area contributed by atoms with E-state index in [0.29, 0.717) is 11.5 Å². The zero-order valence-electron chi connectivity index (χ0n) is 14.4. The number of anilines is 1. The smallest absolute Gasteiger partial charge is 0.306 e. The van der Waals surface area contributed by atoms with Gasteiger partial charge in [-0.15, -0.1) is 0 Å². The van der Waals surface area contributed by atoms with Crippen molar-refractivity contribution in [3.63, 3.8) is 0 Å². The Morgan fingerprint density at radius 1 is 1.21 bits per heavy atom. The van der Waals surface area contributed by atoms with Crippen molar-refractivity contribution in [2.75, 3.05) is 19.1 Å². The quantitative estimate of drug-likeness (QED) is 0.761. The molecule has 1 aromatic carbocycles. The van der Waals surface area contributed by atoms with E-state index in [0.717, 1.165) is 11.3 Å². The monoisotopic (exact) mass is 330 g/mol. The van der Waals surface area contributed by atoms with Gasteiger partial charge in [-0.3, -0.25) is 9.59 Å². The van der Waals surface area contributed by atoms with Crippen LogP contribution in [0.2, 0.25) is 0 Å². The SMILES string of the molecule is COC(=O)C[C@H](CC(=O)N(C)c1ccccc1)c1noc(C)c1C. The Morgan fingerprint density at radius 2 is 1.88 bits per heavy atom. The molecule has 0 spiro atoms. The predicted molar refractivity (Wildman–Crippen MR) is 89.8 cm³/mol. The predicted octanol–water partition coefficient (Wildman–Crippen LogP) is 2.99. The van der Waals surface area contributed by atoms with Gasteiger partial charge in [0.15, 0.2) is 0 Å². The van der Waals surface area contributed by atoms with Crippen LogP contribution in [0, 0.1) is 13.8 Å². The molecule has 0 saturated carbocycles. The number of benzene rings is 1. The van der Waals surface area contributed by atoms with E-state index in [4.69, 9.17) is 9.26 Å². The molecule has 0 aliphatic carbocycles. The number of ether oxygens (including phenoxy) is 1. The number of esters is 1. The number of carbonyl (C=O) groups excluding carboxylic acids is 2. The second kappa shape index (κ2) is 7.77. The second-order valence-electron chi connectivity index (χ2n) is 5.72. The molecule has 2 rings (SSSR count). The van der Waals surface area contributed by atoms with E-state index >= 15 is 0 Å². The van der Waals surface area contributed by atoms with E-state index in [9.17, 15) is 9.59 Å². The first-order valence-corrected chi connectivity index (χ1v) is 7.75. The third kappa shape index (κ3) is 4.01. The fourth-order valence-electron chi connectivity index (χ4n) is 2.51. The molecule has 0 N–H and O–H groups in total. The molecule has 0 aliphatic heterocycles. The van der Waals surface area contributed by atoms with Gasteiger partial charge in [0.05, 0.1) is 19.2 Å². The van der Waals surface area contributed by atoms with E-state index in [1.807, 2.05) is 37.3 Å². The summed E-state index contributed by atoms with van der Waals surface area (Å²) in [6.45, 7) is 3.68. The second-order valence-corrected chi connectivity index (χ2v) is 5.72. The molecule has 1 aromatic heterocycles. The number of hydrogen-bond donors (Lipinski definition) is 0. The Bertz CT molecular complexity index is 709. The lowest BCUT2D eigenvalue weighted by Crippen LogP contribution is -2.28. The Hall–Kier alpha value is -2.63. The topological polar surface area (TPSA) is 72.6 Å². The highest BCUT2D eigenvalue weighted by Gasteiger charge is 2.27. The molecule has 0 radical (unpaired) electrons. The standard InChI is InChI=1S/C18H22N2O4/c1-12-13(2)24-19-18(12)14(11-17(22)23-4)10-16(21)20(3)15-8-6-5-7-9-15/h5-9,14H,10-11H2,1-4H3/t14-/m0/s1. The summed E-state index contributed by atoms with van der Waals surface area (Å²) in [5.74, 6) is -0.178. The van der Waals surface area contributed by atoms with Crippen molar-refractivity contribution in [2.45, 2.75) is 32.6 Å². The van der Waals surface area contributed by atoms with Crippen molar-refractivity contribution in [1.82, 2.24) is 5.16 Å². The summed E-state index contributed by atoms with van der Waals surface area (Å²) in [4.78, 5) is 25.9. The molecule has 128 valence electrons. The Morgan fingerprint density at radius 3 is 2.42 bits per heavy atom. The van der Waals surface area contributed by atoms with Crippen LogP contribution in [0.3, 0.4) is 0 Å². The maximum absolute atomic E-state index is 12.6. The van der Waals surface area contributed by atoms with E-state index in [-0.39, 0.29) is 30.6 Å². The van der Waals surface area contributed by atoms with Gasteiger partial charge in [0.1, 0.15) is 5.76 Å². The highest BCUT2D eigenvalue weighted by atomic mass is 16.5. The van der Waals surface area contributed by atoms with Crippen molar-refractivity contribution >= 4 is 17.6 Å². The molecule has 0 bridgehead atoms. The van der Waals surface area contributed by atoms with Crippen LogP contribution in [0.5, 0.6) is 0 Å². The summed E-state index contributed by atoms with van der Waals surface area (Å²) in [5.41, 5.74) is 2.29. The molecule has 1 amide bonds. The molecule has 0 aliphatic rings. The van der Waals surface area contributed by atoms with Gasteiger partial charge >= 0.3 is 5.97 Å². The molecule has 1 heterocycles. The number of aryl methyl sites for hydroxylation is 1. The molecule has 0 unspecified atom stereocenters. The normalized spacial score (nSPS) is 11.8. The third-order valence-electron chi connectivity index (χ3n) is 4.16. The van der Waals surface area contributed by atoms with Crippen molar-refractivity contribution in [1.29, 1.82) is 0 Å². The summed E-state index contributed by atoms with van der Waals surface area (Å²) in [6.07, 6.45) is 0.227. The van der Waals surface area contributed by atoms with Crippen molar-refractivity contribution in [2.24, 2.45) is 0 Å². The summed E-state index contributed by atoms with van der Waals surface area (Å²) in [5, 5.41) is 4.03. The number of rotatable bonds is 6. The largest absolute Gasteiger partial charge is 0.469 e. The molecular formula is C18H22N2O4. The number of hydrogen-bond acceptors (Lipinski definition) is 5. The lowest BCUT2D eigenvalue weighted by Gasteiger charge is -2.20. The lowest BCUT2D eigenvalue weighted by atomic mass is 9.93. The first kappa shape index (κ1) is 17.7. The molecule has 0 fully saturated rings. The fourth-order valence-corrected chi connectivity index (χ4v) is 2.51. The zero-order valence-corrected chi connectivity index (χ0v) is 14.4. The Balaban J connectivity index is 2.20. The highest BCUT2D eigenvalue weighted by molar-refractivity contribution is 5.93. The number of amides is 1. The Kier molecular flexibility index (Phi) is 5.73. The Labute approximate surface area is 141 Å². The number of carbonyl (C=O) groups is 2. The van der Waals surface area contributed by atoms with Gasteiger partial charge in [0, 0.05) is 30.6 Å². The van der Waals surface area contributed by atoms with Crippen molar-refractivity contribution in [3.8, 4) is 0 Å². The van der Waals surface area contributed by atoms with Gasteiger partial charge in [0.25, 0.3) is 0 Å². The first-order valence-electron chi connectivity index (χ1n) is 7.75. The fraction of sp³-hybridized carbons (Fsp3) is 0.389. The molecule has 1 atom stereocenters. The van der Waals surface area contributed by atoms with Crippen LogP contribution in [0.25, 0.3) is 0 Å². The van der Waals surface area contributed by atoms with Crippen LogP contribution in [0.4, 0.5) is 5.69 Å². The highest BCUT2D eigenvalue weighted by Crippen LogP contribution is 2.29. The molecule has 6 heteroatoms. The summed E-state index contributed by atoms with van der Waals surface area (Å²) >= 11 is 0. The van der Waals surface area contributed by atoms with Crippen LogP contribution in [0.1, 0.15) is 35.8 Å². The van der Waals surface area contributed by atoms with Gasteiger partial charge in [0.2, 0.25) is 5.91 Å². The molecule has 0 saturated heterocycles. The van der Waals surface area contributed by atoms with Crippen LogP contribution in [-0.2, 0) is 14.3 Å². The van der Waals surface area contributed by atoms with Crippen LogP contribution in [-0.4, -0.2) is 31.2 Å². The van der Waals surface area contributed by atoms with E-state index in [1.165, 1.54) is 7.11 Å². The first-order chi connectivity index (χ1) is 11.4. The van der Waals surface area contributed by atoms with E-state index < -0.39 is 0 Å². The van der Waals surface area contributed by atoms with Crippen LogP contribution >= 0.6 is 0 Å². The minimum Gasteiger partial charge on any atom is -0.469 e. The summed E-state index contributed by atoms with van der Waals surface area (Å²) in [6, 6.07) is 9.35. The number of nitrogens with zero attached hydrogens (tertiary/aromatic N) is 2. The minimum absolute atomic E-state index is 0.0810. The zero-order chi connectivity index (χ0) is 17.7. The maximum Gasteiger partial charge on any atom is 0.306 e. The van der Waals surface area contributed by atoms with Crippen molar-refractivity contribution in [3.05, 3.63) is 47.3 Å². The van der Waals surface area contributed by atoms with Gasteiger partial charge in [-0.1, -0.05) is 23.4 Å². The maximum atomic E-state index is 12.6. The van der Waals surface area contributed by atoms with E-state index in [1.54, 1.807) is 18.9 Å². The number of para-hydroxylation sites is 1. The third-order valence-corrected chi connectivity index (χ3v) is 4.16. The van der Waals surface area contributed by atoms with Gasteiger partial charge in [-0.2, -0.15) is 0 Å². The molecular weight excluding hydrogens is 308 g/mol. The van der Waals surface area contributed by atoms with E-state index in [2.05, 4.69) is 5.16 Å². The number of aromatic nitrogens is 1. The average Bonchev–Trinajstić information content (AvgIpc) is 2.93. The molecule has 24 heavy (non-hydrogen) atoms. The molecule has 2 aromatic rings. The van der Waals surface area contributed by atoms with Gasteiger partial charge < -0.3 is 14.2 Å². The average molecular weight is 330 g/mol. The van der Waals surface area contributed by atoms with Crippen molar-refractivity contribution < 1.29 is 18.8 Å². The lowest BCUT2D eigenvalue weighted by molar-refractivity contribution is -0.141. The minimum atomic E-state index is -0.381. The molecule has 6 nitrogen and oxygen atoms in total. The summed E-state index contributed by atoms with van der Waals surface area (Å²) in [7, 11) is 3.05. The van der Waals surface area contributed by atoms with Gasteiger partial charge in [-0.05, 0) is 26.0 Å². The number of methoxy groups -OCH3 is 1. The van der Waals surface area contributed by atoms with Crippen LogP contribution in [0.15, 0.2) is 34.9 Å². The summed E-state index contributed by atoms with van der Waals surface area (Å²) < 4.78 is 9.94. The van der Waals surface area contributed by atoms with Crippen LogP contribution < -0.4 is 4.90 Å².